The first-order valence-electron chi connectivity index (χ1n) is 3.07. The number of nitrogens with one attached hydrogen (secondary N) is 1. The number of rotatable bonds is 3. The smallest absolute Gasteiger partial charge is 0.0338 e. The zero-order valence-corrected chi connectivity index (χ0v) is 6.47. The van der Waals surface area contributed by atoms with Crippen molar-refractivity contribution in [3.05, 3.63) is 36.4 Å². The molecule has 1 rings (SSSR count). The van der Waals surface area contributed by atoms with Gasteiger partial charge in [-0.2, -0.15) is 0 Å². The highest BCUT2D eigenvalue weighted by molar-refractivity contribution is 7.99. The maximum atomic E-state index is 3.60. The van der Waals surface area contributed by atoms with Gasteiger partial charge in [0.25, 0.3) is 0 Å². The molecule has 1 aliphatic rings. The molecule has 0 radical (unpaired) electrons. The van der Waals surface area contributed by atoms with Gasteiger partial charge in [0.15, 0.2) is 0 Å². The minimum absolute atomic E-state index is 0.797. The van der Waals surface area contributed by atoms with Crippen LogP contribution in [0.3, 0.4) is 0 Å². The Balaban J connectivity index is 2.23. The molecule has 3 heteroatoms. The summed E-state index contributed by atoms with van der Waals surface area (Å²) in [7, 11) is 0. The fraction of sp³-hybridized carbons (Fsp3) is 0.143. The SMILES string of the molecule is C=CCNN1C=CC=CS1. The number of allylic oxidation sites excluding steroid dienone is 2. The van der Waals surface area contributed by atoms with Gasteiger partial charge in [-0.3, -0.25) is 4.41 Å². The van der Waals surface area contributed by atoms with Gasteiger partial charge in [0.1, 0.15) is 0 Å². The van der Waals surface area contributed by atoms with Gasteiger partial charge in [-0.05, 0) is 23.4 Å². The van der Waals surface area contributed by atoms with E-state index in [9.17, 15) is 0 Å². The molecule has 0 bridgehead atoms. The van der Waals surface area contributed by atoms with Gasteiger partial charge in [0.2, 0.25) is 0 Å². The van der Waals surface area contributed by atoms with Crippen molar-refractivity contribution < 1.29 is 0 Å². The van der Waals surface area contributed by atoms with Crippen LogP contribution in [0.2, 0.25) is 0 Å². The van der Waals surface area contributed by atoms with Crippen molar-refractivity contribution >= 4 is 11.9 Å². The van der Waals surface area contributed by atoms with Gasteiger partial charge in [-0.15, -0.1) is 6.58 Å². The van der Waals surface area contributed by atoms with Crippen LogP contribution < -0.4 is 5.43 Å². The summed E-state index contributed by atoms with van der Waals surface area (Å²) in [5.41, 5.74) is 3.11. The standard InChI is InChI=1S/C7H10N2S/c1-2-5-8-9-6-3-4-7-10-9/h2-4,6-8H,1,5H2. The van der Waals surface area contributed by atoms with Gasteiger partial charge >= 0.3 is 0 Å². The van der Waals surface area contributed by atoms with Gasteiger partial charge in [0.05, 0.1) is 0 Å². The third-order valence-electron chi connectivity index (χ3n) is 0.977. The highest BCUT2D eigenvalue weighted by Gasteiger charge is 1.95. The van der Waals surface area contributed by atoms with Crippen LogP contribution in [0.25, 0.3) is 0 Å². The Hall–Kier alpha value is -0.670. The topological polar surface area (TPSA) is 15.3 Å². The van der Waals surface area contributed by atoms with Crippen molar-refractivity contribution in [2.45, 2.75) is 0 Å². The number of hydrazine groups is 1. The van der Waals surface area contributed by atoms with Gasteiger partial charge in [-0.25, -0.2) is 5.43 Å². The third-order valence-corrected chi connectivity index (χ3v) is 1.73. The summed E-state index contributed by atoms with van der Waals surface area (Å²) in [4.78, 5) is 0. The van der Waals surface area contributed by atoms with Crippen LogP contribution >= 0.6 is 11.9 Å². The molecule has 2 nitrogen and oxygen atoms in total. The van der Waals surface area contributed by atoms with Crippen LogP contribution in [0, 0.1) is 0 Å². The molecule has 10 heavy (non-hydrogen) atoms. The van der Waals surface area contributed by atoms with Crippen molar-refractivity contribution in [2.24, 2.45) is 0 Å². The van der Waals surface area contributed by atoms with Crippen LogP contribution in [-0.4, -0.2) is 11.0 Å². The molecular formula is C7H10N2S. The summed E-state index contributed by atoms with van der Waals surface area (Å²) in [6, 6.07) is 0. The largest absolute Gasteiger partial charge is 0.253 e. The van der Waals surface area contributed by atoms with Crippen molar-refractivity contribution in [1.82, 2.24) is 9.84 Å². The summed E-state index contributed by atoms with van der Waals surface area (Å²) in [6.07, 6.45) is 7.77. The normalized spacial score (nSPS) is 15.8. The molecule has 0 aromatic carbocycles. The first-order valence-corrected chi connectivity index (χ1v) is 3.91. The zero-order valence-electron chi connectivity index (χ0n) is 5.66. The maximum absolute atomic E-state index is 3.60. The molecule has 0 saturated carbocycles. The fourth-order valence-electron chi connectivity index (χ4n) is 0.554. The van der Waals surface area contributed by atoms with E-state index in [0.29, 0.717) is 0 Å². The lowest BCUT2D eigenvalue weighted by Crippen LogP contribution is -2.27. The molecule has 0 aromatic heterocycles. The molecule has 0 atom stereocenters. The predicted molar refractivity (Wildman–Crippen MR) is 45.9 cm³/mol. The first-order chi connectivity index (χ1) is 4.93. The minimum Gasteiger partial charge on any atom is -0.253 e. The van der Waals surface area contributed by atoms with Crippen LogP contribution in [0.15, 0.2) is 36.4 Å². The summed E-state index contributed by atoms with van der Waals surface area (Å²) < 4.78 is 1.93. The molecule has 0 aliphatic carbocycles. The molecule has 0 spiro atoms. The Kier molecular flexibility index (Phi) is 3.12. The van der Waals surface area contributed by atoms with Crippen LogP contribution in [-0.2, 0) is 0 Å². The predicted octanol–water partition coefficient (Wildman–Crippen LogP) is 1.67. The van der Waals surface area contributed by atoms with E-state index in [-0.39, 0.29) is 0 Å². The Morgan fingerprint density at radius 3 is 3.10 bits per heavy atom. The van der Waals surface area contributed by atoms with E-state index >= 15 is 0 Å². The van der Waals surface area contributed by atoms with Gasteiger partial charge in [-0.1, -0.05) is 12.2 Å². The Labute approximate surface area is 65.4 Å². The van der Waals surface area contributed by atoms with E-state index in [1.807, 2.05) is 34.3 Å². The zero-order chi connectivity index (χ0) is 7.23. The van der Waals surface area contributed by atoms with Crippen LogP contribution in [0.5, 0.6) is 0 Å². The van der Waals surface area contributed by atoms with E-state index in [2.05, 4.69) is 12.0 Å². The highest BCUT2D eigenvalue weighted by Crippen LogP contribution is 2.12. The second-order valence-corrected chi connectivity index (χ2v) is 2.63. The van der Waals surface area contributed by atoms with Gasteiger partial charge < -0.3 is 0 Å². The van der Waals surface area contributed by atoms with Crippen LogP contribution in [0.1, 0.15) is 0 Å². The molecule has 1 N–H and O–H groups in total. The molecule has 1 heterocycles. The molecule has 54 valence electrons. The van der Waals surface area contributed by atoms with Gasteiger partial charge in [0, 0.05) is 12.7 Å². The van der Waals surface area contributed by atoms with Crippen molar-refractivity contribution in [3.8, 4) is 0 Å². The molecule has 0 amide bonds. The Bertz CT molecular complexity index is 163. The summed E-state index contributed by atoms with van der Waals surface area (Å²) in [5, 5.41) is 2.01. The first kappa shape index (κ1) is 7.44. The summed E-state index contributed by atoms with van der Waals surface area (Å²) in [6.45, 7) is 4.40. The van der Waals surface area contributed by atoms with E-state index in [4.69, 9.17) is 0 Å². The fourth-order valence-corrected chi connectivity index (χ4v) is 1.14. The second-order valence-electron chi connectivity index (χ2n) is 1.75. The lowest BCUT2D eigenvalue weighted by molar-refractivity contribution is 0.483. The maximum Gasteiger partial charge on any atom is 0.0338 e. The minimum atomic E-state index is 0.797. The second kappa shape index (κ2) is 4.19. The highest BCUT2D eigenvalue weighted by atomic mass is 32.2. The number of hydrogen-bond donors (Lipinski definition) is 1. The monoisotopic (exact) mass is 154 g/mol. The molecule has 1 aliphatic heterocycles. The van der Waals surface area contributed by atoms with E-state index < -0.39 is 0 Å². The third kappa shape index (κ3) is 2.29. The molecular weight excluding hydrogens is 144 g/mol. The average molecular weight is 154 g/mol. The lowest BCUT2D eigenvalue weighted by atomic mass is 10.6. The Morgan fingerprint density at radius 2 is 2.50 bits per heavy atom. The summed E-state index contributed by atoms with van der Waals surface area (Å²) >= 11 is 1.61. The summed E-state index contributed by atoms with van der Waals surface area (Å²) in [5.74, 6) is 0. The molecule has 0 unspecified atom stereocenters. The molecule has 0 aromatic rings. The van der Waals surface area contributed by atoms with E-state index in [1.54, 1.807) is 11.9 Å². The number of hydrogen-bond acceptors (Lipinski definition) is 3. The molecule has 0 saturated heterocycles. The van der Waals surface area contributed by atoms with Crippen molar-refractivity contribution in [2.75, 3.05) is 6.54 Å². The van der Waals surface area contributed by atoms with E-state index in [0.717, 1.165) is 6.54 Å². The van der Waals surface area contributed by atoms with Crippen LogP contribution in [0.4, 0.5) is 0 Å². The van der Waals surface area contributed by atoms with Crippen molar-refractivity contribution in [1.29, 1.82) is 0 Å². The quantitative estimate of drug-likeness (QED) is 0.491. The van der Waals surface area contributed by atoms with E-state index in [1.165, 1.54) is 0 Å². The Morgan fingerprint density at radius 1 is 1.60 bits per heavy atom. The average Bonchev–Trinajstić information content (AvgIpc) is 2.03. The van der Waals surface area contributed by atoms with Crippen molar-refractivity contribution in [3.63, 3.8) is 0 Å². The lowest BCUT2D eigenvalue weighted by Gasteiger charge is -2.18. The number of nitrogens with zero attached hydrogens (tertiary/aromatic N) is 1. The molecule has 0 fully saturated rings.